The molecule has 1 heterocycles. The number of nitrogens with zero attached hydrogens (tertiary/aromatic N) is 1. The first-order chi connectivity index (χ1) is 9.40. The summed E-state index contributed by atoms with van der Waals surface area (Å²) in [4.78, 5) is 23.1. The number of pyridine rings is 1. The van der Waals surface area contributed by atoms with E-state index in [-0.39, 0.29) is 11.8 Å². The summed E-state index contributed by atoms with van der Waals surface area (Å²) in [7, 11) is 0. The van der Waals surface area contributed by atoms with E-state index in [9.17, 15) is 18.4 Å². The van der Waals surface area contributed by atoms with Gasteiger partial charge in [-0.25, -0.2) is 13.6 Å². The van der Waals surface area contributed by atoms with Crippen LogP contribution in [0.15, 0.2) is 23.1 Å². The number of aromatic carboxylic acids is 1. The van der Waals surface area contributed by atoms with Crippen molar-refractivity contribution in [2.75, 3.05) is 0 Å². The number of aromatic nitrogens is 1. The minimum absolute atomic E-state index is 0.0351. The lowest BCUT2D eigenvalue weighted by Gasteiger charge is -2.12. The number of aryl methyl sites for hydroxylation is 1. The number of carboxylic acids is 1. The van der Waals surface area contributed by atoms with Crippen molar-refractivity contribution >= 4 is 16.9 Å². The van der Waals surface area contributed by atoms with E-state index < -0.39 is 35.0 Å². The largest absolute Gasteiger partial charge is 0.477 e. The van der Waals surface area contributed by atoms with Gasteiger partial charge < -0.3 is 9.67 Å². The Morgan fingerprint density at radius 3 is 2.65 bits per heavy atom. The van der Waals surface area contributed by atoms with E-state index in [0.717, 1.165) is 12.3 Å². The van der Waals surface area contributed by atoms with Crippen molar-refractivity contribution in [1.29, 1.82) is 0 Å². The van der Waals surface area contributed by atoms with Gasteiger partial charge in [0.2, 0.25) is 5.43 Å². The molecule has 1 N–H and O–H groups in total. The third kappa shape index (κ3) is 1.79. The van der Waals surface area contributed by atoms with E-state index in [0.29, 0.717) is 11.1 Å². The fourth-order valence-corrected chi connectivity index (χ4v) is 2.34. The Balaban J connectivity index is 2.41. The first-order valence-electron chi connectivity index (χ1n) is 6.12. The maximum Gasteiger partial charge on any atom is 0.341 e. The van der Waals surface area contributed by atoms with Crippen molar-refractivity contribution in [3.8, 4) is 0 Å². The molecular weight excluding hydrogens is 268 g/mol. The van der Waals surface area contributed by atoms with Gasteiger partial charge in [-0.3, -0.25) is 4.79 Å². The zero-order valence-electron chi connectivity index (χ0n) is 10.6. The Hall–Kier alpha value is -2.24. The summed E-state index contributed by atoms with van der Waals surface area (Å²) >= 11 is 0. The predicted molar refractivity (Wildman–Crippen MR) is 68.4 cm³/mol. The Morgan fingerprint density at radius 1 is 1.45 bits per heavy atom. The summed E-state index contributed by atoms with van der Waals surface area (Å²) in [6.45, 7) is 1.54. The molecular formula is C14H11F2NO3. The number of halogens is 2. The zero-order valence-corrected chi connectivity index (χ0v) is 10.6. The molecule has 0 unspecified atom stereocenters. The molecule has 2 aromatic rings. The van der Waals surface area contributed by atoms with Crippen molar-refractivity contribution in [2.24, 2.45) is 0 Å². The van der Waals surface area contributed by atoms with Crippen LogP contribution < -0.4 is 5.43 Å². The van der Waals surface area contributed by atoms with Crippen LogP contribution in [0.3, 0.4) is 0 Å². The van der Waals surface area contributed by atoms with Gasteiger partial charge in [0.05, 0.1) is 11.6 Å². The van der Waals surface area contributed by atoms with E-state index in [1.54, 1.807) is 0 Å². The van der Waals surface area contributed by atoms with Crippen molar-refractivity contribution in [1.82, 2.24) is 4.57 Å². The number of fused-ring (bicyclic) bond motifs is 1. The van der Waals surface area contributed by atoms with Gasteiger partial charge in [0.1, 0.15) is 17.6 Å². The third-order valence-corrected chi connectivity index (χ3v) is 3.58. The number of hydrogen-bond donors (Lipinski definition) is 1. The Morgan fingerprint density at radius 2 is 2.10 bits per heavy atom. The number of hydrogen-bond acceptors (Lipinski definition) is 2. The first-order valence-corrected chi connectivity index (χ1v) is 6.12. The number of carboxylic acid groups (broad SMARTS) is 1. The summed E-state index contributed by atoms with van der Waals surface area (Å²) < 4.78 is 28.3. The third-order valence-electron chi connectivity index (χ3n) is 3.58. The lowest BCUT2D eigenvalue weighted by Crippen LogP contribution is -2.19. The van der Waals surface area contributed by atoms with Gasteiger partial charge in [0, 0.05) is 18.0 Å². The second kappa shape index (κ2) is 4.13. The molecule has 20 heavy (non-hydrogen) atoms. The molecule has 0 spiro atoms. The summed E-state index contributed by atoms with van der Waals surface area (Å²) in [5.41, 5.74) is -0.535. The molecule has 2 atom stereocenters. The highest BCUT2D eigenvalue weighted by atomic mass is 19.1. The standard InChI is InChI=1S/C14H11F2NO3/c1-6-2-11-7(3-9(6)15)13(18)8(14(19)20)5-17(11)12-4-10(12)16/h2-3,5,10,12H,4H2,1H3,(H,19,20)/t10-,12+/m0/s1. The minimum Gasteiger partial charge on any atom is -0.477 e. The molecule has 104 valence electrons. The lowest BCUT2D eigenvalue weighted by atomic mass is 10.1. The molecule has 1 aliphatic rings. The van der Waals surface area contributed by atoms with E-state index in [2.05, 4.69) is 0 Å². The summed E-state index contributed by atoms with van der Waals surface area (Å²) in [5.74, 6) is -1.99. The van der Waals surface area contributed by atoms with Crippen molar-refractivity contribution in [3.05, 3.63) is 45.5 Å². The van der Waals surface area contributed by atoms with Crippen LogP contribution in [0.1, 0.15) is 28.4 Å². The Kier molecular flexibility index (Phi) is 2.64. The second-order valence-electron chi connectivity index (χ2n) is 5.02. The van der Waals surface area contributed by atoms with Crippen LogP contribution in [0.2, 0.25) is 0 Å². The molecule has 0 aliphatic heterocycles. The molecule has 0 amide bonds. The number of benzene rings is 1. The average Bonchev–Trinajstić information content (AvgIpc) is 3.09. The molecule has 1 fully saturated rings. The molecule has 0 saturated heterocycles. The molecule has 1 aliphatic carbocycles. The minimum atomic E-state index is -1.40. The summed E-state index contributed by atoms with van der Waals surface area (Å²) in [6.07, 6.45) is 0.356. The average molecular weight is 279 g/mol. The van der Waals surface area contributed by atoms with Crippen molar-refractivity contribution in [2.45, 2.75) is 25.6 Å². The van der Waals surface area contributed by atoms with E-state index in [1.807, 2.05) is 0 Å². The van der Waals surface area contributed by atoms with Crippen LogP contribution in [0.4, 0.5) is 8.78 Å². The van der Waals surface area contributed by atoms with Crippen LogP contribution in [-0.4, -0.2) is 21.8 Å². The number of rotatable bonds is 2. The topological polar surface area (TPSA) is 59.3 Å². The van der Waals surface area contributed by atoms with Gasteiger partial charge >= 0.3 is 5.97 Å². The maximum absolute atomic E-state index is 13.6. The highest BCUT2D eigenvalue weighted by Gasteiger charge is 2.40. The molecule has 1 aromatic heterocycles. The molecule has 3 rings (SSSR count). The zero-order chi connectivity index (χ0) is 14.6. The van der Waals surface area contributed by atoms with Gasteiger partial charge in [-0.15, -0.1) is 0 Å². The summed E-state index contributed by atoms with van der Waals surface area (Å²) in [6, 6.07) is 1.98. The maximum atomic E-state index is 13.6. The van der Waals surface area contributed by atoms with Crippen LogP contribution in [0, 0.1) is 12.7 Å². The van der Waals surface area contributed by atoms with Gasteiger partial charge in [-0.05, 0) is 24.6 Å². The van der Waals surface area contributed by atoms with Crippen LogP contribution in [-0.2, 0) is 0 Å². The molecule has 1 saturated carbocycles. The SMILES string of the molecule is Cc1cc2c(cc1F)c(=O)c(C(=O)O)cn2[C@@H]1C[C@@H]1F. The van der Waals surface area contributed by atoms with Crippen LogP contribution in [0.5, 0.6) is 0 Å². The van der Waals surface area contributed by atoms with Crippen molar-refractivity contribution < 1.29 is 18.7 Å². The normalized spacial score (nSPS) is 21.1. The monoisotopic (exact) mass is 279 g/mol. The highest BCUT2D eigenvalue weighted by molar-refractivity contribution is 5.92. The van der Waals surface area contributed by atoms with Gasteiger partial charge in [-0.2, -0.15) is 0 Å². The fraction of sp³-hybridized carbons (Fsp3) is 0.286. The van der Waals surface area contributed by atoms with E-state index in [4.69, 9.17) is 5.11 Å². The fourth-order valence-electron chi connectivity index (χ4n) is 2.34. The van der Waals surface area contributed by atoms with Crippen LogP contribution in [0.25, 0.3) is 10.9 Å². The number of alkyl halides is 1. The quantitative estimate of drug-likeness (QED) is 0.918. The smallest absolute Gasteiger partial charge is 0.341 e. The molecule has 1 aromatic carbocycles. The van der Waals surface area contributed by atoms with E-state index >= 15 is 0 Å². The van der Waals surface area contributed by atoms with Crippen molar-refractivity contribution in [3.63, 3.8) is 0 Å². The van der Waals surface area contributed by atoms with Crippen LogP contribution >= 0.6 is 0 Å². The molecule has 4 nitrogen and oxygen atoms in total. The Labute approximate surface area is 112 Å². The Bertz CT molecular complexity index is 797. The number of carbonyl (C=O) groups is 1. The molecule has 0 bridgehead atoms. The summed E-state index contributed by atoms with van der Waals surface area (Å²) in [5, 5.41) is 9.01. The van der Waals surface area contributed by atoms with Gasteiger partial charge in [0.15, 0.2) is 0 Å². The van der Waals surface area contributed by atoms with Gasteiger partial charge in [0.25, 0.3) is 0 Å². The van der Waals surface area contributed by atoms with Gasteiger partial charge in [-0.1, -0.05) is 0 Å². The second-order valence-corrected chi connectivity index (χ2v) is 5.02. The predicted octanol–water partition coefficient (Wildman–Crippen LogP) is 2.43. The molecule has 6 heteroatoms. The molecule has 0 radical (unpaired) electrons. The first kappa shape index (κ1) is 12.8. The van der Waals surface area contributed by atoms with E-state index in [1.165, 1.54) is 17.6 Å². The highest BCUT2D eigenvalue weighted by Crippen LogP contribution is 2.40. The lowest BCUT2D eigenvalue weighted by molar-refractivity contribution is 0.0694.